The van der Waals surface area contributed by atoms with Gasteiger partial charge >= 0.3 is 0 Å². The van der Waals surface area contributed by atoms with E-state index >= 15 is 0 Å². The quantitative estimate of drug-likeness (QED) is 0.829. The van der Waals surface area contributed by atoms with Crippen molar-refractivity contribution in [3.05, 3.63) is 53.7 Å². The third-order valence-electron chi connectivity index (χ3n) is 2.36. The van der Waals surface area contributed by atoms with E-state index in [-0.39, 0.29) is 11.7 Å². The highest BCUT2D eigenvalue weighted by Crippen LogP contribution is 2.16. The number of anilines is 1. The molecule has 0 aliphatic heterocycles. The second-order valence-electron chi connectivity index (χ2n) is 3.67. The van der Waals surface area contributed by atoms with E-state index in [1.54, 1.807) is 43.5 Å². The van der Waals surface area contributed by atoms with Crippen LogP contribution in [0.3, 0.4) is 0 Å². The molecule has 17 heavy (non-hydrogen) atoms. The molecule has 0 bridgehead atoms. The number of rotatable bonds is 2. The summed E-state index contributed by atoms with van der Waals surface area (Å²) in [5.74, 6) is 0.420. The SMILES string of the molecule is Cc1cc(O)ccc1C(=O)Nc1ccccn1. The minimum atomic E-state index is -0.235. The number of pyridine rings is 1. The van der Waals surface area contributed by atoms with Gasteiger partial charge in [0.25, 0.3) is 5.91 Å². The zero-order valence-corrected chi connectivity index (χ0v) is 9.34. The van der Waals surface area contributed by atoms with Crippen LogP contribution in [0.1, 0.15) is 15.9 Å². The molecule has 1 aromatic carbocycles. The number of aryl methyl sites for hydroxylation is 1. The van der Waals surface area contributed by atoms with Gasteiger partial charge in [-0.15, -0.1) is 0 Å². The monoisotopic (exact) mass is 228 g/mol. The van der Waals surface area contributed by atoms with Gasteiger partial charge in [0.05, 0.1) is 0 Å². The van der Waals surface area contributed by atoms with Crippen molar-refractivity contribution in [2.45, 2.75) is 6.92 Å². The lowest BCUT2D eigenvalue weighted by molar-refractivity contribution is 0.102. The Morgan fingerprint density at radius 2 is 2.12 bits per heavy atom. The van der Waals surface area contributed by atoms with E-state index in [1.807, 2.05) is 0 Å². The highest BCUT2D eigenvalue weighted by Gasteiger charge is 2.09. The molecule has 86 valence electrons. The van der Waals surface area contributed by atoms with Gasteiger partial charge in [0.1, 0.15) is 11.6 Å². The number of benzene rings is 1. The van der Waals surface area contributed by atoms with Crippen LogP contribution in [0.5, 0.6) is 5.75 Å². The predicted molar refractivity (Wildman–Crippen MR) is 65.0 cm³/mol. The van der Waals surface area contributed by atoms with Gasteiger partial charge in [-0.1, -0.05) is 6.07 Å². The Morgan fingerprint density at radius 1 is 1.29 bits per heavy atom. The average Bonchev–Trinajstić information content (AvgIpc) is 2.30. The van der Waals surface area contributed by atoms with E-state index in [0.717, 1.165) is 5.56 Å². The summed E-state index contributed by atoms with van der Waals surface area (Å²) < 4.78 is 0. The first-order chi connectivity index (χ1) is 8.16. The zero-order chi connectivity index (χ0) is 12.3. The molecule has 0 spiro atoms. The van der Waals surface area contributed by atoms with Gasteiger partial charge in [0.2, 0.25) is 0 Å². The summed E-state index contributed by atoms with van der Waals surface area (Å²) in [6.45, 7) is 1.77. The summed E-state index contributed by atoms with van der Waals surface area (Å²) in [5.41, 5.74) is 1.24. The molecular weight excluding hydrogens is 216 g/mol. The molecule has 2 rings (SSSR count). The van der Waals surface area contributed by atoms with Crippen LogP contribution in [0.15, 0.2) is 42.6 Å². The molecule has 0 aliphatic rings. The number of nitrogens with zero attached hydrogens (tertiary/aromatic N) is 1. The van der Waals surface area contributed by atoms with Gasteiger partial charge in [0.15, 0.2) is 0 Å². The van der Waals surface area contributed by atoms with Crippen LogP contribution >= 0.6 is 0 Å². The Bertz CT molecular complexity index is 538. The van der Waals surface area contributed by atoms with Gasteiger partial charge in [-0.2, -0.15) is 0 Å². The summed E-state index contributed by atoms with van der Waals surface area (Å²) in [5, 5.41) is 12.0. The molecule has 4 heteroatoms. The number of nitrogens with one attached hydrogen (secondary N) is 1. The van der Waals surface area contributed by atoms with E-state index in [4.69, 9.17) is 0 Å². The summed E-state index contributed by atoms with van der Waals surface area (Å²) in [4.78, 5) is 15.9. The molecular formula is C13H12N2O2. The maximum atomic E-state index is 11.9. The van der Waals surface area contributed by atoms with Crippen LogP contribution in [0.2, 0.25) is 0 Å². The van der Waals surface area contributed by atoms with Crippen molar-refractivity contribution >= 4 is 11.7 Å². The number of carbonyl (C=O) groups excluding carboxylic acids is 1. The Morgan fingerprint density at radius 3 is 2.76 bits per heavy atom. The number of hydrogen-bond donors (Lipinski definition) is 2. The fourth-order valence-corrected chi connectivity index (χ4v) is 1.52. The average molecular weight is 228 g/mol. The molecule has 0 saturated heterocycles. The normalized spacial score (nSPS) is 9.94. The van der Waals surface area contributed by atoms with E-state index in [1.165, 1.54) is 6.07 Å². The lowest BCUT2D eigenvalue weighted by atomic mass is 10.1. The maximum absolute atomic E-state index is 11.9. The highest BCUT2D eigenvalue weighted by molar-refractivity contribution is 6.04. The first-order valence-corrected chi connectivity index (χ1v) is 5.19. The van der Waals surface area contributed by atoms with Crippen molar-refractivity contribution < 1.29 is 9.90 Å². The molecule has 2 aromatic rings. The summed E-state index contributed by atoms with van der Waals surface area (Å²) in [6.07, 6.45) is 1.61. The van der Waals surface area contributed by atoms with Crippen molar-refractivity contribution in [3.8, 4) is 5.75 Å². The molecule has 0 radical (unpaired) electrons. The third kappa shape index (κ3) is 2.60. The van der Waals surface area contributed by atoms with Crippen molar-refractivity contribution in [1.29, 1.82) is 0 Å². The van der Waals surface area contributed by atoms with Crippen LogP contribution in [-0.4, -0.2) is 16.0 Å². The summed E-state index contributed by atoms with van der Waals surface area (Å²) in [6, 6.07) is 9.91. The first-order valence-electron chi connectivity index (χ1n) is 5.19. The molecule has 4 nitrogen and oxygen atoms in total. The minimum absolute atomic E-state index is 0.150. The predicted octanol–water partition coefficient (Wildman–Crippen LogP) is 2.35. The highest BCUT2D eigenvalue weighted by atomic mass is 16.3. The number of carbonyl (C=O) groups is 1. The van der Waals surface area contributed by atoms with Crippen molar-refractivity contribution in [2.75, 3.05) is 5.32 Å². The molecule has 0 unspecified atom stereocenters. The van der Waals surface area contributed by atoms with Crippen molar-refractivity contribution in [3.63, 3.8) is 0 Å². The van der Waals surface area contributed by atoms with Crippen molar-refractivity contribution in [2.24, 2.45) is 0 Å². The standard InChI is InChI=1S/C13H12N2O2/c1-9-8-10(16)5-6-11(9)13(17)15-12-4-2-3-7-14-12/h2-8,16H,1H3,(H,14,15,17). The molecule has 0 aliphatic carbocycles. The lowest BCUT2D eigenvalue weighted by Gasteiger charge is -2.07. The number of aromatic nitrogens is 1. The van der Waals surface area contributed by atoms with Gasteiger partial charge < -0.3 is 10.4 Å². The van der Waals surface area contributed by atoms with Crippen molar-refractivity contribution in [1.82, 2.24) is 4.98 Å². The maximum Gasteiger partial charge on any atom is 0.257 e. The molecule has 1 heterocycles. The molecule has 0 fully saturated rings. The Hall–Kier alpha value is -2.36. The Kier molecular flexibility index (Phi) is 3.05. The third-order valence-corrected chi connectivity index (χ3v) is 2.36. The molecule has 2 N–H and O–H groups in total. The second-order valence-corrected chi connectivity index (χ2v) is 3.67. The largest absolute Gasteiger partial charge is 0.508 e. The van der Waals surface area contributed by atoms with E-state index in [9.17, 15) is 9.90 Å². The fourth-order valence-electron chi connectivity index (χ4n) is 1.52. The van der Waals surface area contributed by atoms with Gasteiger partial charge in [-0.3, -0.25) is 4.79 Å². The van der Waals surface area contributed by atoms with E-state index in [0.29, 0.717) is 11.4 Å². The second kappa shape index (κ2) is 4.65. The van der Waals surface area contributed by atoms with Crippen LogP contribution in [-0.2, 0) is 0 Å². The number of hydrogen-bond acceptors (Lipinski definition) is 3. The smallest absolute Gasteiger partial charge is 0.257 e. The summed E-state index contributed by atoms with van der Waals surface area (Å²) >= 11 is 0. The van der Waals surface area contributed by atoms with Crippen LogP contribution in [0, 0.1) is 6.92 Å². The lowest BCUT2D eigenvalue weighted by Crippen LogP contribution is -2.13. The number of phenols is 1. The number of amides is 1. The van der Waals surface area contributed by atoms with E-state index < -0.39 is 0 Å². The molecule has 0 saturated carbocycles. The molecule has 1 aromatic heterocycles. The van der Waals surface area contributed by atoms with Crippen LogP contribution < -0.4 is 5.32 Å². The van der Waals surface area contributed by atoms with Crippen LogP contribution in [0.4, 0.5) is 5.82 Å². The fraction of sp³-hybridized carbons (Fsp3) is 0.0769. The van der Waals surface area contributed by atoms with Gasteiger partial charge in [-0.25, -0.2) is 4.98 Å². The topological polar surface area (TPSA) is 62.2 Å². The van der Waals surface area contributed by atoms with E-state index in [2.05, 4.69) is 10.3 Å². The zero-order valence-electron chi connectivity index (χ0n) is 9.34. The minimum Gasteiger partial charge on any atom is -0.508 e. The number of phenolic OH excluding ortho intramolecular Hbond substituents is 1. The van der Waals surface area contributed by atoms with Gasteiger partial charge in [-0.05, 0) is 42.8 Å². The summed E-state index contributed by atoms with van der Waals surface area (Å²) in [7, 11) is 0. The molecule has 0 atom stereocenters. The molecule has 1 amide bonds. The Balaban J connectivity index is 2.21. The van der Waals surface area contributed by atoms with Gasteiger partial charge in [0, 0.05) is 11.8 Å². The van der Waals surface area contributed by atoms with Crippen LogP contribution in [0.25, 0.3) is 0 Å². The number of aromatic hydroxyl groups is 1. The Labute approximate surface area is 98.9 Å². The first kappa shape index (κ1) is 11.1.